The van der Waals surface area contributed by atoms with Gasteiger partial charge in [-0.3, -0.25) is 0 Å². The van der Waals surface area contributed by atoms with E-state index < -0.39 is 5.97 Å². The lowest BCUT2D eigenvalue weighted by molar-refractivity contribution is 0.0562. The van der Waals surface area contributed by atoms with Crippen LogP contribution in [0.4, 0.5) is 0 Å². The van der Waals surface area contributed by atoms with Crippen molar-refractivity contribution in [2.75, 3.05) is 21.3 Å². The van der Waals surface area contributed by atoms with Crippen LogP contribution in [0.25, 0.3) is 11.3 Å². The summed E-state index contributed by atoms with van der Waals surface area (Å²) < 4.78 is 22.2. The van der Waals surface area contributed by atoms with Crippen LogP contribution in [0.1, 0.15) is 16.3 Å². The molecule has 0 aliphatic carbocycles. The maximum Gasteiger partial charge on any atom is 0.373 e. The van der Waals surface area contributed by atoms with Crippen molar-refractivity contribution in [1.82, 2.24) is 15.0 Å². The molecule has 2 aromatic heterocycles. The first-order valence-corrected chi connectivity index (χ1v) is 7.44. The van der Waals surface area contributed by atoms with Gasteiger partial charge in [-0.05, 0) is 30.3 Å². The molecule has 0 radical (unpaired) electrons. The van der Waals surface area contributed by atoms with Gasteiger partial charge in [-0.25, -0.2) is 9.48 Å². The molecule has 130 valence electrons. The van der Waals surface area contributed by atoms with Gasteiger partial charge in [0, 0.05) is 5.56 Å². The fourth-order valence-corrected chi connectivity index (χ4v) is 2.34. The molecule has 0 amide bonds. The fourth-order valence-electron chi connectivity index (χ4n) is 2.34. The summed E-state index contributed by atoms with van der Waals surface area (Å²) in [5, 5.41) is 8.23. The lowest BCUT2D eigenvalue weighted by atomic mass is 10.1. The zero-order chi connectivity index (χ0) is 17.8. The standard InChI is InChI=1S/C17H17N3O5/c1-22-14-6-4-11(8-16(14)23-2)13-10-20(19-18-13)9-12-5-7-15(25-12)17(21)24-3/h4-8,10H,9H2,1-3H3. The summed E-state index contributed by atoms with van der Waals surface area (Å²) in [7, 11) is 4.46. The average Bonchev–Trinajstić information content (AvgIpc) is 3.30. The Balaban J connectivity index is 1.78. The van der Waals surface area contributed by atoms with E-state index in [0.29, 0.717) is 29.5 Å². The second kappa shape index (κ2) is 7.08. The number of hydrogen-bond donors (Lipinski definition) is 0. The molecule has 0 spiro atoms. The molecule has 3 rings (SSSR count). The van der Waals surface area contributed by atoms with Gasteiger partial charge >= 0.3 is 5.97 Å². The Morgan fingerprint density at radius 1 is 1.12 bits per heavy atom. The molecule has 1 aromatic carbocycles. The van der Waals surface area contributed by atoms with Crippen LogP contribution in [-0.4, -0.2) is 42.3 Å². The number of furan rings is 1. The number of esters is 1. The molecule has 0 atom stereocenters. The van der Waals surface area contributed by atoms with Crippen LogP contribution < -0.4 is 9.47 Å². The number of aromatic nitrogens is 3. The summed E-state index contributed by atoms with van der Waals surface area (Å²) in [6.45, 7) is 0.345. The predicted octanol–water partition coefficient (Wildman–Crippen LogP) is 2.39. The SMILES string of the molecule is COC(=O)c1ccc(Cn2cc(-c3ccc(OC)c(OC)c3)nn2)o1. The Hall–Kier alpha value is -3.29. The van der Waals surface area contributed by atoms with E-state index in [9.17, 15) is 4.79 Å². The number of methoxy groups -OCH3 is 3. The van der Waals surface area contributed by atoms with E-state index in [2.05, 4.69) is 15.0 Å². The number of nitrogens with zero attached hydrogens (tertiary/aromatic N) is 3. The molecule has 0 fully saturated rings. The lowest BCUT2D eigenvalue weighted by Crippen LogP contribution is -2.00. The van der Waals surface area contributed by atoms with Crippen LogP contribution in [-0.2, 0) is 11.3 Å². The molecule has 0 saturated heterocycles. The number of benzene rings is 1. The number of rotatable bonds is 6. The summed E-state index contributed by atoms with van der Waals surface area (Å²) in [6.07, 6.45) is 1.78. The van der Waals surface area contributed by atoms with Gasteiger partial charge in [0.05, 0.1) is 27.5 Å². The Morgan fingerprint density at radius 3 is 2.64 bits per heavy atom. The molecule has 2 heterocycles. The quantitative estimate of drug-likeness (QED) is 0.635. The summed E-state index contributed by atoms with van der Waals surface area (Å²) in [4.78, 5) is 11.4. The highest BCUT2D eigenvalue weighted by molar-refractivity contribution is 5.86. The van der Waals surface area contributed by atoms with Gasteiger partial charge in [0.2, 0.25) is 5.76 Å². The normalized spacial score (nSPS) is 10.5. The van der Waals surface area contributed by atoms with E-state index in [1.54, 1.807) is 37.2 Å². The van der Waals surface area contributed by atoms with Crippen LogP contribution in [0.2, 0.25) is 0 Å². The minimum absolute atomic E-state index is 0.151. The molecule has 8 nitrogen and oxygen atoms in total. The zero-order valence-corrected chi connectivity index (χ0v) is 14.1. The first-order chi connectivity index (χ1) is 12.1. The van der Waals surface area contributed by atoms with E-state index in [4.69, 9.17) is 13.9 Å². The smallest absolute Gasteiger partial charge is 0.373 e. The van der Waals surface area contributed by atoms with Gasteiger partial charge in [0.15, 0.2) is 11.5 Å². The van der Waals surface area contributed by atoms with E-state index in [1.807, 2.05) is 18.2 Å². The van der Waals surface area contributed by atoms with Crippen molar-refractivity contribution in [2.45, 2.75) is 6.54 Å². The minimum atomic E-state index is -0.518. The molecule has 8 heteroatoms. The van der Waals surface area contributed by atoms with Gasteiger partial charge in [0.1, 0.15) is 18.0 Å². The van der Waals surface area contributed by atoms with Crippen molar-refractivity contribution in [3.05, 3.63) is 48.0 Å². The fraction of sp³-hybridized carbons (Fsp3) is 0.235. The van der Waals surface area contributed by atoms with Gasteiger partial charge < -0.3 is 18.6 Å². The summed E-state index contributed by atoms with van der Waals surface area (Å²) in [5.74, 6) is 1.46. The molecular formula is C17H17N3O5. The summed E-state index contributed by atoms with van der Waals surface area (Å²) >= 11 is 0. The highest BCUT2D eigenvalue weighted by Gasteiger charge is 2.13. The van der Waals surface area contributed by atoms with Gasteiger partial charge in [-0.2, -0.15) is 0 Å². The van der Waals surface area contributed by atoms with Crippen molar-refractivity contribution in [2.24, 2.45) is 0 Å². The van der Waals surface area contributed by atoms with Crippen molar-refractivity contribution < 1.29 is 23.4 Å². The monoisotopic (exact) mass is 343 g/mol. The lowest BCUT2D eigenvalue weighted by Gasteiger charge is -2.07. The minimum Gasteiger partial charge on any atom is -0.493 e. The molecular weight excluding hydrogens is 326 g/mol. The first kappa shape index (κ1) is 16.6. The average molecular weight is 343 g/mol. The number of ether oxygens (including phenoxy) is 3. The van der Waals surface area contributed by atoms with Crippen LogP contribution in [0.15, 0.2) is 40.9 Å². The molecule has 0 saturated carbocycles. The molecule has 3 aromatic rings. The third-order valence-corrected chi connectivity index (χ3v) is 3.58. The van der Waals surface area contributed by atoms with Crippen LogP contribution in [0.5, 0.6) is 11.5 Å². The van der Waals surface area contributed by atoms with Gasteiger partial charge in [0.25, 0.3) is 0 Å². The highest BCUT2D eigenvalue weighted by Crippen LogP contribution is 2.31. The molecule has 25 heavy (non-hydrogen) atoms. The Morgan fingerprint density at radius 2 is 1.92 bits per heavy atom. The topological polar surface area (TPSA) is 88.6 Å². The number of hydrogen-bond acceptors (Lipinski definition) is 7. The second-order valence-electron chi connectivity index (χ2n) is 5.13. The maximum atomic E-state index is 11.4. The van der Waals surface area contributed by atoms with E-state index in [-0.39, 0.29) is 5.76 Å². The van der Waals surface area contributed by atoms with Crippen LogP contribution >= 0.6 is 0 Å². The molecule has 0 unspecified atom stereocenters. The Kier molecular flexibility index (Phi) is 4.69. The maximum absolute atomic E-state index is 11.4. The van der Waals surface area contributed by atoms with Gasteiger partial charge in [-0.15, -0.1) is 5.10 Å². The predicted molar refractivity (Wildman–Crippen MR) is 87.7 cm³/mol. The molecule has 0 aliphatic rings. The Labute approximate surface area is 143 Å². The second-order valence-corrected chi connectivity index (χ2v) is 5.13. The van der Waals surface area contributed by atoms with Crippen molar-refractivity contribution in [1.29, 1.82) is 0 Å². The van der Waals surface area contributed by atoms with Crippen molar-refractivity contribution in [3.8, 4) is 22.8 Å². The summed E-state index contributed by atoms with van der Waals surface area (Å²) in [5.41, 5.74) is 1.53. The number of carbonyl (C=O) groups is 1. The Bertz CT molecular complexity index is 884. The van der Waals surface area contributed by atoms with Gasteiger partial charge in [-0.1, -0.05) is 5.21 Å². The number of carbonyl (C=O) groups excluding carboxylic acids is 1. The van der Waals surface area contributed by atoms with E-state index >= 15 is 0 Å². The highest BCUT2D eigenvalue weighted by atomic mass is 16.5. The van der Waals surface area contributed by atoms with Crippen LogP contribution in [0.3, 0.4) is 0 Å². The first-order valence-electron chi connectivity index (χ1n) is 7.44. The molecule has 0 N–H and O–H groups in total. The largest absolute Gasteiger partial charge is 0.493 e. The van der Waals surface area contributed by atoms with E-state index in [1.165, 1.54) is 7.11 Å². The summed E-state index contributed by atoms with van der Waals surface area (Å²) in [6, 6.07) is 8.77. The zero-order valence-electron chi connectivity index (χ0n) is 14.1. The van der Waals surface area contributed by atoms with Crippen molar-refractivity contribution >= 4 is 5.97 Å². The third kappa shape index (κ3) is 3.47. The van der Waals surface area contributed by atoms with E-state index in [0.717, 1.165) is 5.56 Å². The van der Waals surface area contributed by atoms with Crippen LogP contribution in [0, 0.1) is 0 Å². The van der Waals surface area contributed by atoms with Crippen molar-refractivity contribution in [3.63, 3.8) is 0 Å². The third-order valence-electron chi connectivity index (χ3n) is 3.58. The molecule has 0 bridgehead atoms. The molecule has 0 aliphatic heterocycles.